The van der Waals surface area contributed by atoms with Gasteiger partial charge in [-0.3, -0.25) is 9.59 Å². The van der Waals surface area contributed by atoms with Gasteiger partial charge in [0.1, 0.15) is 5.60 Å². The third-order valence-corrected chi connectivity index (χ3v) is 3.39. The van der Waals surface area contributed by atoms with Crippen molar-refractivity contribution in [1.29, 1.82) is 0 Å². The van der Waals surface area contributed by atoms with E-state index in [9.17, 15) is 9.59 Å². The summed E-state index contributed by atoms with van der Waals surface area (Å²) in [7, 11) is 1.52. The number of carboxylic acid groups (broad SMARTS) is 1. The maximum Gasteiger partial charge on any atom is 0.305 e. The van der Waals surface area contributed by atoms with Crippen LogP contribution in [0.3, 0.4) is 0 Å². The van der Waals surface area contributed by atoms with E-state index in [1.807, 2.05) is 6.92 Å². The highest BCUT2D eigenvalue weighted by atomic mass is 16.5. The van der Waals surface area contributed by atoms with Gasteiger partial charge in [-0.05, 0) is 26.2 Å². The number of nitrogens with zero attached hydrogens (tertiary/aromatic N) is 1. The second-order valence-corrected chi connectivity index (χ2v) is 4.66. The number of amides is 1. The first-order valence-corrected chi connectivity index (χ1v) is 6.02. The molecular formula is C12H21NO4. The van der Waals surface area contributed by atoms with Gasteiger partial charge in [-0.2, -0.15) is 0 Å². The third kappa shape index (κ3) is 3.43. The predicted octanol–water partition coefficient (Wildman–Crippen LogP) is 1.27. The highest BCUT2D eigenvalue weighted by Crippen LogP contribution is 2.30. The van der Waals surface area contributed by atoms with Gasteiger partial charge in [0.15, 0.2) is 0 Å². The van der Waals surface area contributed by atoms with Crippen LogP contribution in [-0.4, -0.2) is 47.2 Å². The first kappa shape index (κ1) is 14.0. The van der Waals surface area contributed by atoms with E-state index in [4.69, 9.17) is 9.84 Å². The fourth-order valence-corrected chi connectivity index (χ4v) is 1.74. The summed E-state index contributed by atoms with van der Waals surface area (Å²) in [6, 6.07) is 0.211. The van der Waals surface area contributed by atoms with Crippen LogP contribution in [0, 0.1) is 0 Å². The SMILES string of the molecule is CCC(C)(OC)C(=O)N(CCC(=O)O)C1CC1. The molecule has 1 atom stereocenters. The summed E-state index contributed by atoms with van der Waals surface area (Å²) in [6.07, 6.45) is 2.51. The Balaban J connectivity index is 2.69. The lowest BCUT2D eigenvalue weighted by Crippen LogP contribution is -2.49. The average molecular weight is 243 g/mol. The van der Waals surface area contributed by atoms with Crippen LogP contribution in [0.1, 0.15) is 39.5 Å². The summed E-state index contributed by atoms with van der Waals surface area (Å²) in [6.45, 7) is 3.92. The van der Waals surface area contributed by atoms with Gasteiger partial charge in [0.25, 0.3) is 5.91 Å². The van der Waals surface area contributed by atoms with Crippen molar-refractivity contribution < 1.29 is 19.4 Å². The Labute approximate surface area is 102 Å². The summed E-state index contributed by atoms with van der Waals surface area (Å²) in [4.78, 5) is 24.6. The van der Waals surface area contributed by atoms with Gasteiger partial charge < -0.3 is 14.7 Å². The molecule has 0 aromatic rings. The standard InChI is InChI=1S/C12H21NO4/c1-4-12(2,17-3)11(16)13(9-5-6-9)8-7-10(14)15/h9H,4-8H2,1-3H3,(H,14,15). The van der Waals surface area contributed by atoms with Crippen molar-refractivity contribution in [2.24, 2.45) is 0 Å². The first-order valence-electron chi connectivity index (χ1n) is 6.02. The highest BCUT2D eigenvalue weighted by molar-refractivity contribution is 5.85. The van der Waals surface area contributed by atoms with Gasteiger partial charge in [0.2, 0.25) is 0 Å². The molecule has 0 saturated heterocycles. The average Bonchev–Trinajstić information content (AvgIpc) is 3.12. The third-order valence-electron chi connectivity index (χ3n) is 3.39. The number of carbonyl (C=O) groups excluding carboxylic acids is 1. The number of hydrogen-bond acceptors (Lipinski definition) is 3. The molecule has 17 heavy (non-hydrogen) atoms. The molecule has 0 heterocycles. The predicted molar refractivity (Wildman–Crippen MR) is 62.7 cm³/mol. The van der Waals surface area contributed by atoms with Gasteiger partial charge in [-0.25, -0.2) is 0 Å². The molecule has 1 saturated carbocycles. The van der Waals surface area contributed by atoms with Crippen molar-refractivity contribution in [3.63, 3.8) is 0 Å². The molecular weight excluding hydrogens is 222 g/mol. The maximum absolute atomic E-state index is 12.3. The van der Waals surface area contributed by atoms with Crippen LogP contribution < -0.4 is 0 Å². The van der Waals surface area contributed by atoms with Crippen molar-refractivity contribution in [2.75, 3.05) is 13.7 Å². The van der Waals surface area contributed by atoms with Crippen molar-refractivity contribution in [1.82, 2.24) is 4.90 Å². The fourth-order valence-electron chi connectivity index (χ4n) is 1.74. The Morgan fingerprint density at radius 3 is 2.41 bits per heavy atom. The molecule has 0 aromatic carbocycles. The van der Waals surface area contributed by atoms with Crippen LogP contribution in [0.4, 0.5) is 0 Å². The monoisotopic (exact) mass is 243 g/mol. The Morgan fingerprint density at radius 2 is 2.06 bits per heavy atom. The minimum atomic E-state index is -0.876. The second kappa shape index (κ2) is 5.49. The quantitative estimate of drug-likeness (QED) is 0.731. The summed E-state index contributed by atoms with van der Waals surface area (Å²) in [5.41, 5.74) is -0.832. The molecule has 0 radical (unpaired) electrons. The zero-order chi connectivity index (χ0) is 13.1. The van der Waals surface area contributed by atoms with E-state index < -0.39 is 11.6 Å². The van der Waals surface area contributed by atoms with Crippen LogP contribution in [0.15, 0.2) is 0 Å². The number of hydrogen-bond donors (Lipinski definition) is 1. The number of carboxylic acids is 1. The molecule has 1 unspecified atom stereocenters. The van der Waals surface area contributed by atoms with E-state index in [0.717, 1.165) is 12.8 Å². The van der Waals surface area contributed by atoms with Gasteiger partial charge in [0, 0.05) is 19.7 Å². The molecule has 1 rings (SSSR count). The first-order chi connectivity index (χ1) is 7.94. The minimum Gasteiger partial charge on any atom is -0.481 e. The molecule has 5 heteroatoms. The topological polar surface area (TPSA) is 66.8 Å². The number of ether oxygens (including phenoxy) is 1. The summed E-state index contributed by atoms with van der Waals surface area (Å²) in [5, 5.41) is 8.69. The highest BCUT2D eigenvalue weighted by Gasteiger charge is 2.41. The molecule has 1 N–H and O–H groups in total. The van der Waals surface area contributed by atoms with E-state index in [1.54, 1.807) is 11.8 Å². The van der Waals surface area contributed by atoms with Crippen molar-refractivity contribution >= 4 is 11.9 Å². The van der Waals surface area contributed by atoms with Crippen LogP contribution in [-0.2, 0) is 14.3 Å². The lowest BCUT2D eigenvalue weighted by atomic mass is 10.0. The zero-order valence-electron chi connectivity index (χ0n) is 10.7. The molecule has 1 aliphatic rings. The van der Waals surface area contributed by atoms with Crippen LogP contribution in [0.25, 0.3) is 0 Å². The van der Waals surface area contributed by atoms with E-state index >= 15 is 0 Å². The van der Waals surface area contributed by atoms with Crippen LogP contribution >= 0.6 is 0 Å². The van der Waals surface area contributed by atoms with Crippen molar-refractivity contribution in [3.05, 3.63) is 0 Å². The molecule has 0 spiro atoms. The zero-order valence-corrected chi connectivity index (χ0v) is 10.7. The van der Waals surface area contributed by atoms with Gasteiger partial charge in [0.05, 0.1) is 6.42 Å². The van der Waals surface area contributed by atoms with Crippen molar-refractivity contribution in [2.45, 2.75) is 51.2 Å². The molecule has 0 bridgehead atoms. The lowest BCUT2D eigenvalue weighted by Gasteiger charge is -2.32. The van der Waals surface area contributed by atoms with E-state index in [0.29, 0.717) is 6.42 Å². The van der Waals surface area contributed by atoms with Gasteiger partial charge in [-0.1, -0.05) is 6.92 Å². The number of methoxy groups -OCH3 is 1. The Hall–Kier alpha value is -1.10. The van der Waals surface area contributed by atoms with Crippen LogP contribution in [0.2, 0.25) is 0 Å². The lowest BCUT2D eigenvalue weighted by molar-refractivity contribution is -0.154. The fraction of sp³-hybridized carbons (Fsp3) is 0.833. The molecule has 1 aliphatic carbocycles. The Bertz CT molecular complexity index is 295. The smallest absolute Gasteiger partial charge is 0.305 e. The van der Waals surface area contributed by atoms with E-state index in [1.165, 1.54) is 7.11 Å². The molecule has 0 aliphatic heterocycles. The number of rotatable bonds is 7. The number of carbonyl (C=O) groups is 2. The summed E-state index contributed by atoms with van der Waals surface area (Å²) >= 11 is 0. The molecule has 0 aromatic heterocycles. The maximum atomic E-state index is 12.3. The second-order valence-electron chi connectivity index (χ2n) is 4.66. The Kier molecular flexibility index (Phi) is 4.51. The minimum absolute atomic E-state index is 0.00819. The number of aliphatic carboxylic acids is 1. The largest absolute Gasteiger partial charge is 0.481 e. The molecule has 1 amide bonds. The van der Waals surface area contributed by atoms with Gasteiger partial charge >= 0.3 is 5.97 Å². The summed E-state index contributed by atoms with van der Waals surface area (Å²) in [5.74, 6) is -0.967. The van der Waals surface area contributed by atoms with Crippen LogP contribution in [0.5, 0.6) is 0 Å². The van der Waals surface area contributed by atoms with E-state index in [-0.39, 0.29) is 24.9 Å². The van der Waals surface area contributed by atoms with Gasteiger partial charge in [-0.15, -0.1) is 0 Å². The van der Waals surface area contributed by atoms with E-state index in [2.05, 4.69) is 0 Å². The molecule has 5 nitrogen and oxygen atoms in total. The molecule has 1 fully saturated rings. The van der Waals surface area contributed by atoms with Crippen molar-refractivity contribution in [3.8, 4) is 0 Å². The molecule has 98 valence electrons. The normalized spacial score (nSPS) is 18.5. The summed E-state index contributed by atoms with van der Waals surface area (Å²) < 4.78 is 5.28. The Morgan fingerprint density at radius 1 is 1.47 bits per heavy atom.